The number of esters is 2. The Morgan fingerprint density at radius 3 is 1.71 bits per heavy atom. The van der Waals surface area contributed by atoms with Gasteiger partial charge in [-0.3, -0.25) is 14.1 Å². The maximum Gasteiger partial charge on any atom is 0.469 e. The third-order valence-corrected chi connectivity index (χ3v) is 8.29. The summed E-state index contributed by atoms with van der Waals surface area (Å²) in [7, 11) is -4.79. The minimum atomic E-state index is -4.79. The van der Waals surface area contributed by atoms with Gasteiger partial charge in [-0.05, 0) is 89.9 Å². The lowest BCUT2D eigenvalue weighted by molar-refractivity contribution is -0.161. The van der Waals surface area contributed by atoms with Gasteiger partial charge in [0.15, 0.2) is 6.10 Å². The molecule has 288 valence electrons. The predicted molar refractivity (Wildman–Crippen MR) is 206 cm³/mol. The van der Waals surface area contributed by atoms with Gasteiger partial charge in [0.1, 0.15) is 6.61 Å². The first kappa shape index (κ1) is 46.2. The Hall–Kier alpha value is -2.81. The molecule has 1 fully saturated rings. The highest BCUT2D eigenvalue weighted by molar-refractivity contribution is 7.46. The highest BCUT2D eigenvalue weighted by atomic mass is 31.2. The zero-order chi connectivity index (χ0) is 37.3. The van der Waals surface area contributed by atoms with E-state index in [2.05, 4.69) is 91.3 Å². The molecular weight excluding hydrogens is 667 g/mol. The van der Waals surface area contributed by atoms with Gasteiger partial charge >= 0.3 is 19.8 Å². The Bertz CT molecular complexity index is 1160. The van der Waals surface area contributed by atoms with Crippen molar-refractivity contribution in [2.75, 3.05) is 13.2 Å². The van der Waals surface area contributed by atoms with Crippen LogP contribution in [-0.4, -0.2) is 53.3 Å². The average molecular weight is 733 g/mol. The third kappa shape index (κ3) is 31.6. The Morgan fingerprint density at radius 1 is 0.627 bits per heavy atom. The lowest BCUT2D eigenvalue weighted by atomic mass is 10.1. The van der Waals surface area contributed by atoms with E-state index in [4.69, 9.17) is 24.0 Å². The molecule has 1 saturated heterocycles. The van der Waals surface area contributed by atoms with Gasteiger partial charge in [-0.1, -0.05) is 112 Å². The van der Waals surface area contributed by atoms with Gasteiger partial charge in [0.25, 0.3) is 0 Å². The molecule has 3 atom stereocenters. The number of carbonyl (C=O) groups is 2. The Balaban J connectivity index is 2.18. The van der Waals surface area contributed by atoms with Crippen LogP contribution in [0, 0.1) is 0 Å². The summed E-state index contributed by atoms with van der Waals surface area (Å²) in [4.78, 5) is 42.7. The molecule has 2 N–H and O–H groups in total. The fourth-order valence-corrected chi connectivity index (χ4v) is 5.23. The van der Waals surface area contributed by atoms with Crippen LogP contribution in [0.15, 0.2) is 85.1 Å². The van der Waals surface area contributed by atoms with Crippen LogP contribution in [0.2, 0.25) is 0 Å². The molecule has 0 aromatic rings. The maximum absolute atomic E-state index is 12.4. The molecule has 0 bridgehead atoms. The highest BCUT2D eigenvalue weighted by Crippen LogP contribution is 2.36. The number of epoxide rings is 1. The number of phosphoric ester groups is 1. The third-order valence-electron chi connectivity index (χ3n) is 7.80. The molecular formula is C41H65O9P. The molecule has 0 amide bonds. The average Bonchev–Trinajstić information content (AvgIpc) is 3.85. The van der Waals surface area contributed by atoms with Crippen LogP contribution in [0.4, 0.5) is 0 Å². The number of carbonyl (C=O) groups excluding carboxylic acids is 2. The molecule has 1 heterocycles. The Labute approximate surface area is 307 Å². The summed E-state index contributed by atoms with van der Waals surface area (Å²) in [5, 5.41) is 0. The molecule has 0 radical (unpaired) electrons. The van der Waals surface area contributed by atoms with Crippen molar-refractivity contribution in [2.24, 2.45) is 0 Å². The van der Waals surface area contributed by atoms with Gasteiger partial charge in [-0.25, -0.2) is 4.57 Å². The predicted octanol–water partition coefficient (Wildman–Crippen LogP) is 10.3. The second-order valence-electron chi connectivity index (χ2n) is 12.6. The van der Waals surface area contributed by atoms with Gasteiger partial charge < -0.3 is 24.0 Å². The van der Waals surface area contributed by atoms with Crippen LogP contribution in [0.25, 0.3) is 0 Å². The van der Waals surface area contributed by atoms with E-state index < -0.39 is 32.5 Å². The van der Waals surface area contributed by atoms with Crippen molar-refractivity contribution in [1.29, 1.82) is 0 Å². The molecule has 1 aliphatic rings. The normalized spacial score (nSPS) is 17.4. The van der Waals surface area contributed by atoms with E-state index in [1.807, 2.05) is 12.2 Å². The molecule has 0 saturated carbocycles. The first-order valence-corrected chi connectivity index (χ1v) is 20.5. The standard InChI is InChI=1S/C41H65O9P/c1-3-5-7-9-11-12-13-14-15-16-17-18-21-25-29-33-40(42)47-35-37(36-48-51(44,45)46)49-41(43)34-30-26-22-19-20-24-28-32-39-38(50-39)31-27-23-10-8-6-4-2/h5,7,11-12,14-15,17-19,22-24,27-28,37-39H,3-4,6,8-10,13,16,20-21,25-26,29-36H2,1-2H3,(H2,44,45,46)/b7-5-,12-11-,15-14-,18-17-,22-19-,27-23-,28-24-/t37-,38?,39?/m1/s1. The first-order valence-electron chi connectivity index (χ1n) is 19.0. The van der Waals surface area contributed by atoms with E-state index in [9.17, 15) is 14.2 Å². The number of phosphoric acid groups is 1. The highest BCUT2D eigenvalue weighted by Gasteiger charge is 2.36. The fourth-order valence-electron chi connectivity index (χ4n) is 4.87. The van der Waals surface area contributed by atoms with Crippen LogP contribution in [0.3, 0.4) is 0 Å². The number of rotatable bonds is 32. The molecule has 9 nitrogen and oxygen atoms in total. The number of allylic oxidation sites excluding steroid dienone is 12. The van der Waals surface area contributed by atoms with Crippen molar-refractivity contribution < 1.29 is 42.7 Å². The van der Waals surface area contributed by atoms with E-state index >= 15 is 0 Å². The van der Waals surface area contributed by atoms with Crippen LogP contribution < -0.4 is 0 Å². The van der Waals surface area contributed by atoms with Crippen molar-refractivity contribution in [3.63, 3.8) is 0 Å². The zero-order valence-electron chi connectivity index (χ0n) is 31.2. The quantitative estimate of drug-likeness (QED) is 0.0228. The van der Waals surface area contributed by atoms with Crippen molar-refractivity contribution in [3.8, 4) is 0 Å². The van der Waals surface area contributed by atoms with E-state index in [0.717, 1.165) is 64.2 Å². The maximum atomic E-state index is 12.4. The van der Waals surface area contributed by atoms with Crippen LogP contribution in [0.1, 0.15) is 129 Å². The molecule has 1 aliphatic heterocycles. The topological polar surface area (TPSA) is 132 Å². The van der Waals surface area contributed by atoms with Crippen molar-refractivity contribution >= 4 is 19.8 Å². The smallest absolute Gasteiger partial charge is 0.462 e. The van der Waals surface area contributed by atoms with Gasteiger partial charge in [-0.15, -0.1) is 0 Å². The summed E-state index contributed by atoms with van der Waals surface area (Å²) in [5.74, 6) is -1.02. The summed E-state index contributed by atoms with van der Waals surface area (Å²) < 4.78 is 32.0. The summed E-state index contributed by atoms with van der Waals surface area (Å²) in [6.07, 6.45) is 44.8. The molecule has 10 heteroatoms. The molecule has 0 aliphatic carbocycles. The van der Waals surface area contributed by atoms with E-state index in [1.165, 1.54) is 19.3 Å². The van der Waals surface area contributed by atoms with Crippen molar-refractivity contribution in [2.45, 2.75) is 148 Å². The second-order valence-corrected chi connectivity index (χ2v) is 13.8. The number of ether oxygens (including phenoxy) is 3. The number of hydrogen-bond acceptors (Lipinski definition) is 7. The van der Waals surface area contributed by atoms with E-state index in [0.29, 0.717) is 31.5 Å². The second kappa shape index (κ2) is 31.9. The van der Waals surface area contributed by atoms with Crippen LogP contribution >= 0.6 is 7.82 Å². The largest absolute Gasteiger partial charge is 0.469 e. The summed E-state index contributed by atoms with van der Waals surface area (Å²) in [5.41, 5.74) is 0. The minimum Gasteiger partial charge on any atom is -0.462 e. The number of hydrogen-bond donors (Lipinski definition) is 2. The van der Waals surface area contributed by atoms with E-state index in [1.54, 1.807) is 0 Å². The van der Waals surface area contributed by atoms with Gasteiger partial charge in [-0.2, -0.15) is 0 Å². The Morgan fingerprint density at radius 2 is 1.12 bits per heavy atom. The van der Waals surface area contributed by atoms with Gasteiger partial charge in [0.05, 0.1) is 18.8 Å². The molecule has 0 aromatic carbocycles. The lowest BCUT2D eigenvalue weighted by Crippen LogP contribution is -2.29. The van der Waals surface area contributed by atoms with Gasteiger partial charge in [0.2, 0.25) is 0 Å². The summed E-state index contributed by atoms with van der Waals surface area (Å²) >= 11 is 0. The number of unbranched alkanes of at least 4 members (excludes halogenated alkanes) is 6. The monoisotopic (exact) mass is 732 g/mol. The summed E-state index contributed by atoms with van der Waals surface area (Å²) in [6.45, 7) is 3.42. The minimum absolute atomic E-state index is 0.116. The summed E-state index contributed by atoms with van der Waals surface area (Å²) in [6, 6.07) is 0. The zero-order valence-corrected chi connectivity index (χ0v) is 32.1. The van der Waals surface area contributed by atoms with Crippen LogP contribution in [-0.2, 0) is 32.9 Å². The Kier molecular flexibility index (Phi) is 28.9. The molecule has 0 aromatic heterocycles. The van der Waals surface area contributed by atoms with Crippen molar-refractivity contribution in [1.82, 2.24) is 0 Å². The molecule has 2 unspecified atom stereocenters. The molecule has 1 rings (SSSR count). The van der Waals surface area contributed by atoms with Crippen LogP contribution in [0.5, 0.6) is 0 Å². The lowest BCUT2D eigenvalue weighted by Gasteiger charge is -2.18. The SMILES string of the molecule is CC/C=C\C/C=C\C/C=C\C/C=C\CCCCC(=O)OC[C@H](COP(=O)(O)O)OC(=O)CCC/C=C\C/C=C\CC1OC1C/C=C\CCCCC. The fraction of sp³-hybridized carbons (Fsp3) is 0.610. The molecule has 51 heavy (non-hydrogen) atoms. The van der Waals surface area contributed by atoms with Gasteiger partial charge in [0, 0.05) is 12.8 Å². The first-order chi connectivity index (χ1) is 24.7. The molecule has 0 spiro atoms. The van der Waals surface area contributed by atoms with Crippen molar-refractivity contribution in [3.05, 3.63) is 85.1 Å². The van der Waals surface area contributed by atoms with E-state index in [-0.39, 0.29) is 19.4 Å².